The number of nitrogens with zero attached hydrogens (tertiary/aromatic N) is 6. The molecular weight excluding hydrogens is 192 g/mol. The molecule has 0 atom stereocenters. The molecule has 0 bridgehead atoms. The van der Waals surface area contributed by atoms with Crippen molar-refractivity contribution >= 4 is 17.8 Å². The Bertz CT molecular complexity index is 564. The maximum Gasteiger partial charge on any atom is 0.231 e. The first kappa shape index (κ1) is 4.11. The Balaban J connectivity index is 3.60. The third-order valence-electron chi connectivity index (χ3n) is 1.50. The lowest BCUT2D eigenvalue weighted by Gasteiger charge is -2.18. The van der Waals surface area contributed by atoms with Gasteiger partial charge in [0.1, 0.15) is 0 Å². The topological polar surface area (TPSA) is 48.4 Å². The second-order valence-electron chi connectivity index (χ2n) is 3.02. The van der Waals surface area contributed by atoms with E-state index in [0.29, 0.717) is 0 Å². The molecule has 0 N–H and O–H groups in total. The summed E-state index contributed by atoms with van der Waals surface area (Å²) in [4.78, 5) is 13.7. The Morgan fingerprint density at radius 2 is 1.13 bits per heavy atom. The first-order chi connectivity index (χ1) is 10.5. The Morgan fingerprint density at radius 3 is 1.53 bits per heavy atom. The van der Waals surface area contributed by atoms with E-state index >= 15 is 0 Å². The first-order valence-corrected chi connectivity index (χ1v) is 4.02. The standard InChI is InChI=1S/C9H18N6/c1-13(2)7-10-8(14(3)4)12-9(11-7)15(5)6/h1-6H3/i1D3,2D3,3D3. The quantitative estimate of drug-likeness (QED) is 0.717. The van der Waals surface area contributed by atoms with Crippen LogP contribution in [0.15, 0.2) is 0 Å². The smallest absolute Gasteiger partial charge is 0.231 e. The van der Waals surface area contributed by atoms with E-state index in [1.807, 2.05) is 0 Å². The normalized spacial score (nSPS) is 21.4. The number of hydrogen-bond acceptors (Lipinski definition) is 6. The maximum atomic E-state index is 7.42. The van der Waals surface area contributed by atoms with Crippen molar-refractivity contribution in [2.75, 3.05) is 56.8 Å². The van der Waals surface area contributed by atoms with Crippen LogP contribution < -0.4 is 14.7 Å². The molecule has 0 aromatic carbocycles. The van der Waals surface area contributed by atoms with Gasteiger partial charge in [0.25, 0.3) is 0 Å². The van der Waals surface area contributed by atoms with Gasteiger partial charge in [-0.3, -0.25) is 0 Å². The summed E-state index contributed by atoms with van der Waals surface area (Å²) in [6.45, 7) is -8.73. The third-order valence-corrected chi connectivity index (χ3v) is 1.50. The summed E-state index contributed by atoms with van der Waals surface area (Å²) < 4.78 is 66.7. The largest absolute Gasteiger partial charge is 0.347 e. The molecule has 1 aromatic heterocycles. The molecule has 0 saturated heterocycles. The van der Waals surface area contributed by atoms with Crippen LogP contribution in [-0.4, -0.2) is 57.0 Å². The van der Waals surface area contributed by atoms with Crippen LogP contribution in [0.3, 0.4) is 0 Å². The molecule has 0 aliphatic heterocycles. The molecule has 0 aliphatic rings. The first-order valence-electron chi connectivity index (χ1n) is 8.52. The minimum atomic E-state index is -3.06. The van der Waals surface area contributed by atoms with E-state index in [0.717, 1.165) is 4.90 Å². The Hall–Kier alpha value is -1.59. The molecule has 0 saturated carbocycles. The molecule has 1 rings (SSSR count). The summed E-state index contributed by atoms with van der Waals surface area (Å²) >= 11 is 0. The van der Waals surface area contributed by atoms with E-state index in [4.69, 9.17) is 12.3 Å². The molecule has 0 amide bonds. The molecule has 6 heteroatoms. The molecule has 0 aliphatic carbocycles. The average molecular weight is 219 g/mol. The van der Waals surface area contributed by atoms with Gasteiger partial charge in [-0.05, 0) is 0 Å². The van der Waals surface area contributed by atoms with E-state index in [9.17, 15) is 0 Å². The molecule has 84 valence electrons. The van der Waals surface area contributed by atoms with E-state index in [1.165, 1.54) is 26.0 Å². The van der Waals surface area contributed by atoms with Gasteiger partial charge in [0, 0.05) is 54.4 Å². The van der Waals surface area contributed by atoms with Crippen LogP contribution in [-0.2, 0) is 0 Å². The van der Waals surface area contributed by atoms with Gasteiger partial charge in [-0.1, -0.05) is 0 Å². The minimum Gasteiger partial charge on any atom is -0.347 e. The third kappa shape index (κ3) is 2.68. The van der Waals surface area contributed by atoms with E-state index in [2.05, 4.69) is 15.0 Å². The van der Waals surface area contributed by atoms with Crippen molar-refractivity contribution in [1.82, 2.24) is 15.0 Å². The van der Waals surface area contributed by atoms with E-state index < -0.39 is 26.9 Å². The second-order valence-corrected chi connectivity index (χ2v) is 3.02. The molecular formula is C9H18N6. The van der Waals surface area contributed by atoms with Crippen molar-refractivity contribution in [2.24, 2.45) is 0 Å². The lowest BCUT2D eigenvalue weighted by molar-refractivity contribution is 0.886. The fourth-order valence-corrected chi connectivity index (χ4v) is 0.793. The van der Waals surface area contributed by atoms with Gasteiger partial charge in [0.15, 0.2) is 0 Å². The van der Waals surface area contributed by atoms with E-state index in [1.54, 1.807) is 0 Å². The fourth-order valence-electron chi connectivity index (χ4n) is 0.793. The van der Waals surface area contributed by atoms with Crippen LogP contribution in [0.4, 0.5) is 17.8 Å². The van der Waals surface area contributed by atoms with Crippen molar-refractivity contribution in [1.29, 1.82) is 0 Å². The molecule has 15 heavy (non-hydrogen) atoms. The Kier molecular flexibility index (Phi) is 1.18. The molecule has 1 aromatic rings. The fraction of sp³-hybridized carbons (Fsp3) is 0.667. The highest BCUT2D eigenvalue weighted by atomic mass is 15.4. The number of hydrogen-bond donors (Lipinski definition) is 0. The number of aromatic nitrogens is 3. The lowest BCUT2D eigenvalue weighted by Crippen LogP contribution is -2.22. The van der Waals surface area contributed by atoms with Gasteiger partial charge < -0.3 is 14.7 Å². The zero-order valence-electron chi connectivity index (χ0n) is 17.7. The highest BCUT2D eigenvalue weighted by Crippen LogP contribution is 2.14. The summed E-state index contributed by atoms with van der Waals surface area (Å²) in [5.41, 5.74) is 0. The number of anilines is 3. The maximum absolute atomic E-state index is 7.42. The van der Waals surface area contributed by atoms with Gasteiger partial charge in [0.2, 0.25) is 17.8 Å². The highest BCUT2D eigenvalue weighted by molar-refractivity contribution is 5.44. The average Bonchev–Trinajstić information content (AvgIpc) is 2.32. The summed E-state index contributed by atoms with van der Waals surface area (Å²) in [6, 6.07) is 0. The highest BCUT2D eigenvalue weighted by Gasteiger charge is 2.10. The van der Waals surface area contributed by atoms with Crippen LogP contribution in [0.25, 0.3) is 0 Å². The summed E-state index contributed by atoms with van der Waals surface area (Å²) in [7, 11) is 4.25. The van der Waals surface area contributed by atoms with Crippen molar-refractivity contribution in [3.8, 4) is 0 Å². The predicted octanol–water partition coefficient (Wildman–Crippen LogP) is 0.0696. The molecule has 0 unspecified atom stereocenters. The van der Waals surface area contributed by atoms with Crippen LogP contribution in [0.5, 0.6) is 0 Å². The van der Waals surface area contributed by atoms with Gasteiger partial charge >= 0.3 is 0 Å². The Morgan fingerprint density at radius 1 is 0.733 bits per heavy atom. The Labute approximate surface area is 103 Å². The van der Waals surface area contributed by atoms with Crippen LogP contribution >= 0.6 is 0 Å². The molecule has 6 nitrogen and oxygen atoms in total. The van der Waals surface area contributed by atoms with Crippen molar-refractivity contribution < 1.29 is 12.3 Å². The van der Waals surface area contributed by atoms with Crippen LogP contribution in [0.1, 0.15) is 12.3 Å². The predicted molar refractivity (Wildman–Crippen MR) is 62.8 cm³/mol. The SMILES string of the molecule is [2H]C([2H])([2H])N(C)c1nc(N(C)C)nc(N(C([2H])([2H])[2H])C([2H])([2H])[2H])n1. The van der Waals surface area contributed by atoms with Gasteiger partial charge in [-0.2, -0.15) is 15.0 Å². The number of rotatable bonds is 3. The van der Waals surface area contributed by atoms with Gasteiger partial charge in [-0.15, -0.1) is 0 Å². The van der Waals surface area contributed by atoms with Crippen LogP contribution in [0.2, 0.25) is 0 Å². The molecule has 0 spiro atoms. The van der Waals surface area contributed by atoms with E-state index in [-0.39, 0.29) is 16.8 Å². The van der Waals surface area contributed by atoms with Gasteiger partial charge in [-0.25, -0.2) is 0 Å². The van der Waals surface area contributed by atoms with Crippen LogP contribution in [0, 0.1) is 0 Å². The minimum absolute atomic E-state index is 0.0749. The van der Waals surface area contributed by atoms with Gasteiger partial charge in [0.05, 0.1) is 0 Å². The summed E-state index contributed by atoms with van der Waals surface area (Å²) in [6.07, 6.45) is 0. The zero-order valence-corrected chi connectivity index (χ0v) is 8.68. The second kappa shape index (κ2) is 4.29. The lowest BCUT2D eigenvalue weighted by atomic mass is 10.7. The molecule has 0 fully saturated rings. The summed E-state index contributed by atoms with van der Waals surface area (Å²) in [5.74, 6) is -1.12. The molecule has 0 radical (unpaired) electrons. The van der Waals surface area contributed by atoms with Crippen molar-refractivity contribution in [2.45, 2.75) is 0 Å². The van der Waals surface area contributed by atoms with Crippen molar-refractivity contribution in [3.05, 3.63) is 0 Å². The molecule has 1 heterocycles. The summed E-state index contributed by atoms with van der Waals surface area (Å²) in [5, 5.41) is 0. The zero-order chi connectivity index (χ0) is 19.1. The monoisotopic (exact) mass is 219 g/mol. The van der Waals surface area contributed by atoms with Crippen molar-refractivity contribution in [3.63, 3.8) is 0 Å².